The number of hydrogen-bond acceptors (Lipinski definition) is 5. The zero-order chi connectivity index (χ0) is 23.7. The molecule has 0 aromatic heterocycles. The Morgan fingerprint density at radius 3 is 2.18 bits per heavy atom. The van der Waals surface area contributed by atoms with Crippen LogP contribution in [0.15, 0.2) is 72.8 Å². The van der Waals surface area contributed by atoms with E-state index in [0.29, 0.717) is 5.56 Å². The van der Waals surface area contributed by atoms with Gasteiger partial charge in [0.05, 0.1) is 18.8 Å². The Morgan fingerprint density at radius 1 is 0.971 bits per heavy atom. The van der Waals surface area contributed by atoms with Crippen LogP contribution < -0.4 is 11.1 Å². The molecular weight excluding hydrogens is 432 g/mol. The summed E-state index contributed by atoms with van der Waals surface area (Å²) in [5, 5.41) is 2.86. The number of primary amides is 1. The van der Waals surface area contributed by atoms with Crippen molar-refractivity contribution >= 4 is 12.0 Å². The number of fused-ring (bicyclic) bond motifs is 3. The molecule has 3 atom stereocenters. The van der Waals surface area contributed by atoms with E-state index >= 15 is 0 Å². The molecule has 34 heavy (non-hydrogen) atoms. The lowest BCUT2D eigenvalue weighted by Gasteiger charge is -2.35. The number of alkyl carbamates (subject to hydrolysis) is 1. The first-order valence-corrected chi connectivity index (χ1v) is 11.3. The summed E-state index contributed by atoms with van der Waals surface area (Å²) in [5.74, 6) is -0.486. The molecule has 0 radical (unpaired) electrons. The van der Waals surface area contributed by atoms with Crippen molar-refractivity contribution < 1.29 is 23.8 Å². The fourth-order valence-electron chi connectivity index (χ4n) is 4.59. The highest BCUT2D eigenvalue weighted by atomic mass is 16.7. The van der Waals surface area contributed by atoms with Gasteiger partial charge >= 0.3 is 6.09 Å². The first kappa shape index (κ1) is 22.1. The third-order valence-corrected chi connectivity index (χ3v) is 6.45. The van der Waals surface area contributed by atoms with Gasteiger partial charge in [0.2, 0.25) is 5.91 Å². The van der Waals surface area contributed by atoms with Crippen LogP contribution in [0.1, 0.15) is 46.2 Å². The van der Waals surface area contributed by atoms with Crippen LogP contribution in [-0.4, -0.2) is 37.4 Å². The van der Waals surface area contributed by atoms with Crippen molar-refractivity contribution in [3.05, 3.63) is 95.1 Å². The molecule has 0 saturated carbocycles. The van der Waals surface area contributed by atoms with Crippen molar-refractivity contribution in [3.63, 3.8) is 0 Å². The molecule has 2 amide bonds. The largest absolute Gasteiger partial charge is 0.449 e. The number of nitrogens with two attached hydrogens (primary N) is 1. The Kier molecular flexibility index (Phi) is 6.04. The Balaban J connectivity index is 1.17. The smallest absolute Gasteiger partial charge is 0.407 e. The summed E-state index contributed by atoms with van der Waals surface area (Å²) in [6, 6.07) is 22.9. The molecule has 0 bridgehead atoms. The lowest BCUT2D eigenvalue weighted by Crippen LogP contribution is -2.50. The zero-order valence-corrected chi connectivity index (χ0v) is 18.8. The van der Waals surface area contributed by atoms with Crippen molar-refractivity contribution in [2.75, 3.05) is 13.2 Å². The second kappa shape index (κ2) is 9.29. The van der Waals surface area contributed by atoms with Crippen LogP contribution in [0.2, 0.25) is 0 Å². The van der Waals surface area contributed by atoms with Gasteiger partial charge in [-0.1, -0.05) is 60.7 Å². The normalized spacial score (nSPS) is 21.4. The van der Waals surface area contributed by atoms with Crippen LogP contribution in [0.5, 0.6) is 0 Å². The SMILES string of the molecule is CC1OC(c2ccc(C(N)=O)cc2)OC[C@@H]1NC(=O)OCC1c2ccccc2-c2ccccc21. The molecule has 5 rings (SSSR count). The molecule has 7 heteroatoms. The minimum Gasteiger partial charge on any atom is -0.449 e. The predicted octanol–water partition coefficient (Wildman–Crippen LogP) is 4.13. The van der Waals surface area contributed by atoms with Gasteiger partial charge in [0.1, 0.15) is 6.61 Å². The molecule has 3 N–H and O–H groups in total. The highest BCUT2D eigenvalue weighted by Crippen LogP contribution is 2.44. The van der Waals surface area contributed by atoms with Crippen LogP contribution in [0, 0.1) is 0 Å². The summed E-state index contributed by atoms with van der Waals surface area (Å²) < 4.78 is 17.4. The Labute approximate surface area is 197 Å². The molecule has 1 saturated heterocycles. The first-order chi connectivity index (χ1) is 16.5. The molecule has 3 aromatic rings. The second-order valence-corrected chi connectivity index (χ2v) is 8.57. The average Bonchev–Trinajstić information content (AvgIpc) is 3.18. The third-order valence-electron chi connectivity index (χ3n) is 6.45. The van der Waals surface area contributed by atoms with Crippen molar-refractivity contribution in [1.82, 2.24) is 5.32 Å². The zero-order valence-electron chi connectivity index (χ0n) is 18.8. The van der Waals surface area contributed by atoms with E-state index < -0.39 is 18.3 Å². The first-order valence-electron chi connectivity index (χ1n) is 11.3. The van der Waals surface area contributed by atoms with Gasteiger partial charge in [-0.25, -0.2) is 4.79 Å². The molecule has 1 heterocycles. The number of rotatable bonds is 5. The lowest BCUT2D eigenvalue weighted by atomic mass is 9.98. The van der Waals surface area contributed by atoms with E-state index in [4.69, 9.17) is 19.9 Å². The monoisotopic (exact) mass is 458 g/mol. The number of carbonyl (C=O) groups excluding carboxylic acids is 2. The molecule has 1 aliphatic carbocycles. The summed E-state index contributed by atoms with van der Waals surface area (Å²) in [4.78, 5) is 23.9. The fraction of sp³-hybridized carbons (Fsp3) is 0.259. The van der Waals surface area contributed by atoms with Crippen LogP contribution in [0.3, 0.4) is 0 Å². The maximum Gasteiger partial charge on any atom is 0.407 e. The van der Waals surface area contributed by atoms with Crippen molar-refractivity contribution in [2.24, 2.45) is 5.73 Å². The quantitative estimate of drug-likeness (QED) is 0.599. The fourth-order valence-corrected chi connectivity index (χ4v) is 4.59. The van der Waals surface area contributed by atoms with E-state index in [0.717, 1.165) is 5.56 Å². The maximum absolute atomic E-state index is 12.6. The van der Waals surface area contributed by atoms with E-state index in [-0.39, 0.29) is 31.3 Å². The average molecular weight is 459 g/mol. The van der Waals surface area contributed by atoms with Crippen LogP contribution >= 0.6 is 0 Å². The number of benzene rings is 3. The molecule has 2 unspecified atom stereocenters. The Hall–Kier alpha value is -3.68. The highest BCUT2D eigenvalue weighted by molar-refractivity contribution is 5.92. The molecule has 1 aliphatic heterocycles. The van der Waals surface area contributed by atoms with Gasteiger partial charge in [-0.05, 0) is 41.3 Å². The summed E-state index contributed by atoms with van der Waals surface area (Å²) >= 11 is 0. The van der Waals surface area contributed by atoms with Crippen LogP contribution in [0.25, 0.3) is 11.1 Å². The van der Waals surface area contributed by atoms with Crippen molar-refractivity contribution in [1.29, 1.82) is 0 Å². The summed E-state index contributed by atoms with van der Waals surface area (Å²) in [7, 11) is 0. The van der Waals surface area contributed by atoms with Gasteiger partial charge in [0.15, 0.2) is 6.29 Å². The summed E-state index contributed by atoms with van der Waals surface area (Å²) in [6.45, 7) is 2.40. The molecule has 174 valence electrons. The molecule has 7 nitrogen and oxygen atoms in total. The van der Waals surface area contributed by atoms with Crippen LogP contribution in [-0.2, 0) is 14.2 Å². The van der Waals surface area contributed by atoms with Crippen molar-refractivity contribution in [2.45, 2.75) is 31.3 Å². The number of hydrogen-bond donors (Lipinski definition) is 2. The van der Waals surface area contributed by atoms with Gasteiger partial charge in [-0.3, -0.25) is 4.79 Å². The Bertz CT molecular complexity index is 1160. The number of carbonyl (C=O) groups is 2. The Morgan fingerprint density at radius 2 is 1.59 bits per heavy atom. The molecule has 2 aliphatic rings. The summed E-state index contributed by atoms with van der Waals surface area (Å²) in [6.07, 6.45) is -1.39. The standard InChI is InChI=1S/C27H26N2O5/c1-16-24(15-32-26(34-16)18-12-10-17(11-13-18)25(28)30)29-27(31)33-14-23-21-8-4-2-6-19(21)20-7-3-5-9-22(20)23/h2-13,16,23-24,26H,14-15H2,1H3,(H2,28,30)(H,29,31)/t16?,24-,26?/m0/s1. The van der Waals surface area contributed by atoms with Gasteiger partial charge in [-0.15, -0.1) is 0 Å². The van der Waals surface area contributed by atoms with Crippen LogP contribution in [0.4, 0.5) is 4.79 Å². The topological polar surface area (TPSA) is 99.9 Å². The van der Waals surface area contributed by atoms with E-state index in [1.165, 1.54) is 22.3 Å². The van der Waals surface area contributed by atoms with E-state index in [1.54, 1.807) is 24.3 Å². The predicted molar refractivity (Wildman–Crippen MR) is 126 cm³/mol. The van der Waals surface area contributed by atoms with Gasteiger partial charge < -0.3 is 25.3 Å². The van der Waals surface area contributed by atoms with E-state index in [2.05, 4.69) is 29.6 Å². The van der Waals surface area contributed by atoms with E-state index in [1.807, 2.05) is 31.2 Å². The summed E-state index contributed by atoms with van der Waals surface area (Å²) in [5.41, 5.74) is 11.2. The van der Waals surface area contributed by atoms with Gasteiger partial charge in [0, 0.05) is 17.0 Å². The highest BCUT2D eigenvalue weighted by Gasteiger charge is 2.33. The number of ether oxygens (including phenoxy) is 3. The molecule has 3 aromatic carbocycles. The minimum absolute atomic E-state index is 0.00202. The van der Waals surface area contributed by atoms with Crippen molar-refractivity contribution in [3.8, 4) is 11.1 Å². The maximum atomic E-state index is 12.6. The number of nitrogens with one attached hydrogen (secondary N) is 1. The number of amides is 2. The molecule has 0 spiro atoms. The molecular formula is C27H26N2O5. The third kappa shape index (κ3) is 4.27. The van der Waals surface area contributed by atoms with Gasteiger partial charge in [0.25, 0.3) is 0 Å². The van der Waals surface area contributed by atoms with E-state index in [9.17, 15) is 9.59 Å². The second-order valence-electron chi connectivity index (χ2n) is 8.57. The van der Waals surface area contributed by atoms with Gasteiger partial charge in [-0.2, -0.15) is 0 Å². The lowest BCUT2D eigenvalue weighted by molar-refractivity contribution is -0.223. The minimum atomic E-state index is -0.586. The molecule has 1 fully saturated rings.